The van der Waals surface area contributed by atoms with Gasteiger partial charge in [0, 0.05) is 26.1 Å². The highest BCUT2D eigenvalue weighted by molar-refractivity contribution is 9.10. The van der Waals surface area contributed by atoms with E-state index in [-0.39, 0.29) is 34.6 Å². The lowest BCUT2D eigenvalue weighted by Gasteiger charge is -2.16. The minimum atomic E-state index is -0.470. The molecular weight excluding hydrogens is 671 g/mol. The summed E-state index contributed by atoms with van der Waals surface area (Å²) in [5, 5.41) is 7.66. The Morgan fingerprint density at radius 3 is 2.58 bits per heavy atom. The molecule has 1 heterocycles. The minimum absolute atomic E-state index is 0.0826. The van der Waals surface area contributed by atoms with Crippen LogP contribution in [0.3, 0.4) is 0 Å². The molecular formula is C28H24Br2ClFN4O4. The molecule has 3 aromatic carbocycles. The van der Waals surface area contributed by atoms with Crippen molar-refractivity contribution in [2.24, 2.45) is 5.10 Å². The van der Waals surface area contributed by atoms with Crippen molar-refractivity contribution in [3.05, 3.63) is 90.1 Å². The van der Waals surface area contributed by atoms with E-state index in [4.69, 9.17) is 21.1 Å². The monoisotopic (exact) mass is 692 g/mol. The van der Waals surface area contributed by atoms with Crippen molar-refractivity contribution in [3.63, 3.8) is 0 Å². The highest BCUT2D eigenvalue weighted by atomic mass is 79.9. The molecule has 0 spiro atoms. The van der Waals surface area contributed by atoms with Gasteiger partial charge in [-0.25, -0.2) is 9.37 Å². The third-order valence-electron chi connectivity index (χ3n) is 5.59. The van der Waals surface area contributed by atoms with Crippen LogP contribution in [0.15, 0.2) is 67.4 Å². The number of benzene rings is 3. The van der Waals surface area contributed by atoms with Crippen LogP contribution in [0, 0.1) is 5.82 Å². The summed E-state index contributed by atoms with van der Waals surface area (Å²) < 4.78 is 27.0. The summed E-state index contributed by atoms with van der Waals surface area (Å²) in [4.78, 5) is 30.4. The van der Waals surface area contributed by atoms with Gasteiger partial charge in [0.1, 0.15) is 16.7 Å². The summed E-state index contributed by atoms with van der Waals surface area (Å²) in [7, 11) is 0. The second-order valence-electron chi connectivity index (χ2n) is 8.85. The average molecular weight is 695 g/mol. The number of halogens is 4. The van der Waals surface area contributed by atoms with Gasteiger partial charge >= 0.3 is 0 Å². The number of nitrogens with zero attached hydrogens (tertiary/aromatic N) is 3. The van der Waals surface area contributed by atoms with Crippen LogP contribution in [0.5, 0.6) is 11.5 Å². The molecule has 0 atom stereocenters. The second kappa shape index (κ2) is 12.9. The Bertz CT molecular complexity index is 1660. The molecule has 0 aliphatic heterocycles. The molecule has 4 rings (SSSR count). The summed E-state index contributed by atoms with van der Waals surface area (Å²) >= 11 is 13.5. The number of fused-ring (bicyclic) bond motifs is 1. The Balaban J connectivity index is 1.65. The van der Waals surface area contributed by atoms with Crippen molar-refractivity contribution in [1.82, 2.24) is 9.66 Å². The number of carbonyl (C=O) groups excluding carboxylic acids is 1. The Kier molecular flexibility index (Phi) is 9.60. The predicted molar refractivity (Wildman–Crippen MR) is 162 cm³/mol. The summed E-state index contributed by atoms with van der Waals surface area (Å²) in [6, 6.07) is 12.3. The molecule has 4 aromatic rings. The van der Waals surface area contributed by atoms with Gasteiger partial charge < -0.3 is 14.8 Å². The fraction of sp³-hybridized carbons (Fsp3) is 0.214. The zero-order valence-corrected chi connectivity index (χ0v) is 25.6. The number of carbonyl (C=O) groups is 1. The molecule has 0 bridgehead atoms. The molecule has 1 amide bonds. The predicted octanol–water partition coefficient (Wildman–Crippen LogP) is 7.14. The highest BCUT2D eigenvalue weighted by Gasteiger charge is 2.19. The van der Waals surface area contributed by atoms with Crippen molar-refractivity contribution in [2.75, 3.05) is 18.5 Å². The lowest BCUT2D eigenvalue weighted by molar-refractivity contribution is -0.118. The van der Waals surface area contributed by atoms with Crippen LogP contribution in [0.1, 0.15) is 38.1 Å². The smallest absolute Gasteiger partial charge is 0.282 e. The Hall–Kier alpha value is -3.28. The van der Waals surface area contributed by atoms with Gasteiger partial charge in [0.25, 0.3) is 11.5 Å². The van der Waals surface area contributed by atoms with Crippen molar-refractivity contribution >= 4 is 72.2 Å². The molecule has 0 saturated carbocycles. The van der Waals surface area contributed by atoms with Crippen LogP contribution in [-0.4, -0.2) is 35.0 Å². The topological polar surface area (TPSA) is 94.8 Å². The van der Waals surface area contributed by atoms with Gasteiger partial charge in [0.2, 0.25) is 0 Å². The zero-order valence-electron chi connectivity index (χ0n) is 21.7. The van der Waals surface area contributed by atoms with Gasteiger partial charge in [0.15, 0.2) is 18.1 Å². The molecule has 208 valence electrons. The van der Waals surface area contributed by atoms with Crippen LogP contribution in [0.25, 0.3) is 10.9 Å². The number of aromatic nitrogens is 2. The SMILES string of the molecule is CCOc1cc(C=Nn2c(C(C)C)nc3ccc(Br)cc3c2=O)c(Br)c(Cl)c1OCC(=O)Nc1ccc(F)cc1. The number of hydrogen-bond donors (Lipinski definition) is 1. The number of nitrogens with one attached hydrogen (secondary N) is 1. The number of amides is 1. The number of anilines is 1. The normalized spacial score (nSPS) is 11.4. The Morgan fingerprint density at radius 2 is 1.90 bits per heavy atom. The quantitative estimate of drug-likeness (QED) is 0.188. The van der Waals surface area contributed by atoms with Gasteiger partial charge in [-0.1, -0.05) is 41.4 Å². The van der Waals surface area contributed by atoms with E-state index in [1.165, 1.54) is 35.2 Å². The summed E-state index contributed by atoms with van der Waals surface area (Å²) in [6.07, 6.45) is 1.47. The van der Waals surface area contributed by atoms with E-state index in [1.807, 2.05) is 19.9 Å². The van der Waals surface area contributed by atoms with E-state index < -0.39 is 11.7 Å². The molecule has 40 heavy (non-hydrogen) atoms. The first-order valence-electron chi connectivity index (χ1n) is 12.2. The average Bonchev–Trinajstić information content (AvgIpc) is 2.92. The molecule has 1 aromatic heterocycles. The Morgan fingerprint density at radius 1 is 1.18 bits per heavy atom. The first-order chi connectivity index (χ1) is 19.1. The number of rotatable bonds is 9. The van der Waals surface area contributed by atoms with Crippen molar-refractivity contribution in [2.45, 2.75) is 26.7 Å². The summed E-state index contributed by atoms with van der Waals surface area (Å²) in [6.45, 7) is 5.57. The number of ether oxygens (including phenoxy) is 2. The van der Waals surface area contributed by atoms with Crippen LogP contribution >= 0.6 is 43.5 Å². The number of hydrogen-bond acceptors (Lipinski definition) is 6. The van der Waals surface area contributed by atoms with E-state index in [0.29, 0.717) is 39.1 Å². The minimum Gasteiger partial charge on any atom is -0.490 e. The van der Waals surface area contributed by atoms with E-state index in [2.05, 4.69) is 47.3 Å². The fourth-order valence-corrected chi connectivity index (χ4v) is 4.75. The van der Waals surface area contributed by atoms with Crippen molar-refractivity contribution < 1.29 is 18.7 Å². The molecule has 0 fully saturated rings. The largest absolute Gasteiger partial charge is 0.490 e. The zero-order chi connectivity index (χ0) is 29.0. The van der Waals surface area contributed by atoms with E-state index in [1.54, 1.807) is 25.1 Å². The molecule has 12 heteroatoms. The molecule has 0 aliphatic rings. The van der Waals surface area contributed by atoms with Gasteiger partial charge in [-0.2, -0.15) is 9.78 Å². The van der Waals surface area contributed by atoms with Crippen LogP contribution < -0.4 is 20.3 Å². The Labute approximate surface area is 251 Å². The first-order valence-corrected chi connectivity index (χ1v) is 14.1. The van der Waals surface area contributed by atoms with Gasteiger partial charge in [-0.15, -0.1) is 0 Å². The third-order valence-corrected chi connectivity index (χ3v) is 7.53. The standard InChI is InChI=1S/C28H24Br2ClFN4O4/c1-4-39-22-11-16(13-33-36-27(15(2)3)35-21-10-5-17(29)12-20(21)28(36)38)24(30)25(31)26(22)40-14-23(37)34-19-8-6-18(32)7-9-19/h5-13,15H,4,14H2,1-3H3,(H,34,37). The lowest BCUT2D eigenvalue weighted by Crippen LogP contribution is -2.23. The van der Waals surface area contributed by atoms with Crippen molar-refractivity contribution in [3.8, 4) is 11.5 Å². The fourth-order valence-electron chi connectivity index (χ4n) is 3.74. The van der Waals surface area contributed by atoms with Gasteiger partial charge in [-0.3, -0.25) is 9.59 Å². The molecule has 8 nitrogen and oxygen atoms in total. The van der Waals surface area contributed by atoms with E-state index >= 15 is 0 Å². The van der Waals surface area contributed by atoms with Crippen molar-refractivity contribution in [1.29, 1.82) is 0 Å². The second-order valence-corrected chi connectivity index (χ2v) is 10.9. The summed E-state index contributed by atoms with van der Waals surface area (Å²) in [5.41, 5.74) is 1.19. The van der Waals surface area contributed by atoms with Crippen LogP contribution in [0.4, 0.5) is 10.1 Å². The van der Waals surface area contributed by atoms with Crippen LogP contribution in [-0.2, 0) is 4.79 Å². The van der Waals surface area contributed by atoms with E-state index in [9.17, 15) is 14.0 Å². The third kappa shape index (κ3) is 6.71. The summed E-state index contributed by atoms with van der Waals surface area (Å²) in [5.74, 6) is -0.0342. The van der Waals surface area contributed by atoms with E-state index in [0.717, 1.165) is 4.47 Å². The maximum Gasteiger partial charge on any atom is 0.282 e. The molecule has 0 saturated heterocycles. The lowest BCUT2D eigenvalue weighted by atomic mass is 10.2. The molecule has 0 radical (unpaired) electrons. The van der Waals surface area contributed by atoms with Crippen LogP contribution in [0.2, 0.25) is 5.02 Å². The molecule has 0 unspecified atom stereocenters. The van der Waals surface area contributed by atoms with Gasteiger partial charge in [-0.05, 0) is 71.4 Å². The maximum atomic E-state index is 13.3. The maximum absolute atomic E-state index is 13.3. The molecule has 1 N–H and O–H groups in total. The molecule has 0 aliphatic carbocycles. The van der Waals surface area contributed by atoms with Gasteiger partial charge in [0.05, 0.1) is 23.7 Å². The first kappa shape index (κ1) is 29.7. The highest BCUT2D eigenvalue weighted by Crippen LogP contribution is 2.42.